The van der Waals surface area contributed by atoms with Crippen molar-refractivity contribution in [2.45, 2.75) is 32.9 Å². The third kappa shape index (κ3) is 5.45. The molecular weight excluding hydrogens is 316 g/mol. The van der Waals surface area contributed by atoms with E-state index in [0.29, 0.717) is 5.75 Å². The van der Waals surface area contributed by atoms with Crippen LogP contribution in [-0.2, 0) is 9.53 Å². The Hall–Kier alpha value is -2.77. The van der Waals surface area contributed by atoms with Crippen LogP contribution >= 0.6 is 0 Å². The van der Waals surface area contributed by atoms with Gasteiger partial charge in [-0.2, -0.15) is 0 Å². The van der Waals surface area contributed by atoms with Crippen molar-refractivity contribution in [1.82, 2.24) is 10.6 Å². The summed E-state index contributed by atoms with van der Waals surface area (Å²) in [4.78, 5) is 35.5. The van der Waals surface area contributed by atoms with Gasteiger partial charge in [0.05, 0.1) is 14.2 Å². The molecule has 0 aromatic heterocycles. The van der Waals surface area contributed by atoms with Crippen LogP contribution in [0.4, 0.5) is 4.79 Å². The molecule has 0 spiro atoms. The van der Waals surface area contributed by atoms with Gasteiger partial charge in [0.15, 0.2) is 6.10 Å². The molecule has 0 aliphatic carbocycles. The number of ether oxygens (including phenoxy) is 3. The van der Waals surface area contributed by atoms with Crippen molar-refractivity contribution in [3.8, 4) is 11.5 Å². The Morgan fingerprint density at radius 2 is 1.71 bits per heavy atom. The van der Waals surface area contributed by atoms with Crippen LogP contribution in [0.3, 0.4) is 0 Å². The Kier molecular flexibility index (Phi) is 7.03. The van der Waals surface area contributed by atoms with E-state index in [1.54, 1.807) is 19.9 Å². The van der Waals surface area contributed by atoms with Gasteiger partial charge in [0.1, 0.15) is 17.1 Å². The Bertz CT molecular complexity index is 615. The molecule has 0 fully saturated rings. The lowest BCUT2D eigenvalue weighted by Crippen LogP contribution is -2.46. The Morgan fingerprint density at radius 1 is 1.04 bits per heavy atom. The molecule has 0 aliphatic rings. The number of methoxy groups -OCH3 is 2. The summed E-state index contributed by atoms with van der Waals surface area (Å²) in [5, 5.41) is 4.60. The molecule has 2 N–H and O–H groups in total. The Morgan fingerprint density at radius 3 is 2.25 bits per heavy atom. The fourth-order valence-electron chi connectivity index (χ4n) is 1.76. The molecule has 3 amide bonds. The number of rotatable bonds is 6. The minimum absolute atomic E-state index is 0.126. The predicted octanol–water partition coefficient (Wildman–Crippen LogP) is 1.48. The van der Waals surface area contributed by atoms with Gasteiger partial charge in [0.2, 0.25) is 0 Å². The second kappa shape index (κ2) is 8.76. The summed E-state index contributed by atoms with van der Waals surface area (Å²) in [6.07, 6.45) is -1.15. The number of urea groups is 1. The molecule has 0 saturated heterocycles. The van der Waals surface area contributed by atoms with Crippen LogP contribution in [0, 0.1) is 0 Å². The molecule has 24 heavy (non-hydrogen) atoms. The third-order valence-corrected chi connectivity index (χ3v) is 2.94. The van der Waals surface area contributed by atoms with E-state index < -0.39 is 24.0 Å². The number of amides is 3. The van der Waals surface area contributed by atoms with Gasteiger partial charge in [-0.3, -0.25) is 10.1 Å². The van der Waals surface area contributed by atoms with Gasteiger partial charge in [-0.05, 0) is 32.9 Å². The second-order valence-electron chi connectivity index (χ2n) is 5.23. The first-order valence-electron chi connectivity index (χ1n) is 7.32. The van der Waals surface area contributed by atoms with Crippen LogP contribution in [-0.4, -0.2) is 44.3 Å². The minimum Gasteiger partial charge on any atom is -0.497 e. The highest BCUT2D eigenvalue weighted by Crippen LogP contribution is 2.25. The van der Waals surface area contributed by atoms with Gasteiger partial charge in [0, 0.05) is 12.1 Å². The predicted molar refractivity (Wildman–Crippen MR) is 86.2 cm³/mol. The molecule has 0 saturated carbocycles. The normalized spacial score (nSPS) is 11.4. The lowest BCUT2D eigenvalue weighted by molar-refractivity contribution is -0.127. The number of nitrogens with one attached hydrogen (secondary N) is 2. The molecule has 1 aromatic rings. The van der Waals surface area contributed by atoms with Gasteiger partial charge in [-0.25, -0.2) is 9.59 Å². The molecule has 0 aliphatic heterocycles. The van der Waals surface area contributed by atoms with Crippen LogP contribution in [0.25, 0.3) is 0 Å². The molecule has 8 nitrogen and oxygen atoms in total. The molecule has 132 valence electrons. The number of benzene rings is 1. The summed E-state index contributed by atoms with van der Waals surface area (Å²) in [5.41, 5.74) is 0.143. The number of carbonyl (C=O) groups is 3. The first-order chi connectivity index (χ1) is 11.3. The Balaban J connectivity index is 2.73. The highest BCUT2D eigenvalue weighted by Gasteiger charge is 2.23. The zero-order valence-corrected chi connectivity index (χ0v) is 14.3. The summed E-state index contributed by atoms with van der Waals surface area (Å²) in [7, 11) is 2.89. The monoisotopic (exact) mass is 338 g/mol. The van der Waals surface area contributed by atoms with E-state index in [2.05, 4.69) is 10.6 Å². The molecule has 8 heteroatoms. The summed E-state index contributed by atoms with van der Waals surface area (Å²) in [5.74, 6) is -0.709. The van der Waals surface area contributed by atoms with Gasteiger partial charge in [-0.15, -0.1) is 0 Å². The lowest BCUT2D eigenvalue weighted by Gasteiger charge is -2.15. The molecule has 0 radical (unpaired) electrons. The van der Waals surface area contributed by atoms with Crippen LogP contribution in [0.1, 0.15) is 31.1 Å². The SMILES string of the molecule is COc1ccc(C(=O)OC(C)C(=O)NC(=O)NC(C)C)c(OC)c1. The maximum Gasteiger partial charge on any atom is 0.342 e. The molecule has 1 atom stereocenters. The average Bonchev–Trinajstić information content (AvgIpc) is 2.52. The quantitative estimate of drug-likeness (QED) is 0.762. The van der Waals surface area contributed by atoms with Crippen LogP contribution < -0.4 is 20.1 Å². The molecular formula is C16H22N2O6. The second-order valence-corrected chi connectivity index (χ2v) is 5.23. The molecule has 0 heterocycles. The zero-order chi connectivity index (χ0) is 18.3. The van der Waals surface area contributed by atoms with Crippen molar-refractivity contribution in [2.75, 3.05) is 14.2 Å². The maximum atomic E-state index is 12.2. The number of hydrogen-bond donors (Lipinski definition) is 2. The maximum absolute atomic E-state index is 12.2. The van der Waals surface area contributed by atoms with E-state index in [4.69, 9.17) is 14.2 Å². The van der Waals surface area contributed by atoms with Crippen LogP contribution in [0.5, 0.6) is 11.5 Å². The molecule has 0 bridgehead atoms. The first kappa shape index (κ1) is 19.3. The van der Waals surface area contributed by atoms with E-state index in [-0.39, 0.29) is 17.4 Å². The zero-order valence-electron chi connectivity index (χ0n) is 14.3. The van der Waals surface area contributed by atoms with E-state index in [0.717, 1.165) is 0 Å². The van der Waals surface area contributed by atoms with E-state index >= 15 is 0 Å². The Labute approximate surface area is 140 Å². The van der Waals surface area contributed by atoms with Crippen molar-refractivity contribution >= 4 is 17.9 Å². The minimum atomic E-state index is -1.15. The van der Waals surface area contributed by atoms with Crippen molar-refractivity contribution in [3.63, 3.8) is 0 Å². The first-order valence-corrected chi connectivity index (χ1v) is 7.32. The average molecular weight is 338 g/mol. The van der Waals surface area contributed by atoms with Gasteiger partial charge in [-0.1, -0.05) is 0 Å². The highest BCUT2D eigenvalue weighted by atomic mass is 16.5. The number of carbonyl (C=O) groups excluding carboxylic acids is 3. The van der Waals surface area contributed by atoms with E-state index in [1.807, 2.05) is 0 Å². The third-order valence-electron chi connectivity index (χ3n) is 2.94. The molecule has 1 aromatic carbocycles. The van der Waals surface area contributed by atoms with Crippen LogP contribution in [0.2, 0.25) is 0 Å². The van der Waals surface area contributed by atoms with Gasteiger partial charge >= 0.3 is 12.0 Å². The van der Waals surface area contributed by atoms with Crippen LogP contribution in [0.15, 0.2) is 18.2 Å². The fourth-order valence-corrected chi connectivity index (χ4v) is 1.76. The smallest absolute Gasteiger partial charge is 0.342 e. The molecule has 1 unspecified atom stereocenters. The number of esters is 1. The van der Waals surface area contributed by atoms with Crippen molar-refractivity contribution < 1.29 is 28.6 Å². The van der Waals surface area contributed by atoms with Crippen molar-refractivity contribution in [1.29, 1.82) is 0 Å². The number of imide groups is 1. The van der Waals surface area contributed by atoms with Gasteiger partial charge < -0.3 is 19.5 Å². The highest BCUT2D eigenvalue weighted by molar-refractivity contribution is 5.99. The molecule has 1 rings (SSSR count). The number of hydrogen-bond acceptors (Lipinski definition) is 6. The summed E-state index contributed by atoms with van der Waals surface area (Å²) in [6, 6.07) is 3.78. The topological polar surface area (TPSA) is 103 Å². The largest absolute Gasteiger partial charge is 0.497 e. The van der Waals surface area contributed by atoms with Crippen molar-refractivity contribution in [2.24, 2.45) is 0 Å². The van der Waals surface area contributed by atoms with Gasteiger partial charge in [0.25, 0.3) is 5.91 Å². The fraction of sp³-hybridized carbons (Fsp3) is 0.438. The van der Waals surface area contributed by atoms with Crippen molar-refractivity contribution in [3.05, 3.63) is 23.8 Å². The summed E-state index contributed by atoms with van der Waals surface area (Å²) >= 11 is 0. The summed E-state index contributed by atoms with van der Waals surface area (Å²) in [6.45, 7) is 4.87. The van der Waals surface area contributed by atoms with E-state index in [1.165, 1.54) is 33.3 Å². The standard InChI is InChI=1S/C16H22N2O6/c1-9(2)17-16(21)18-14(19)10(3)24-15(20)12-7-6-11(22-4)8-13(12)23-5/h6-10H,1-5H3,(H2,17,18,19,21). The van der Waals surface area contributed by atoms with E-state index in [9.17, 15) is 14.4 Å². The lowest BCUT2D eigenvalue weighted by atomic mass is 10.2. The summed E-state index contributed by atoms with van der Waals surface area (Å²) < 4.78 is 15.2.